The lowest BCUT2D eigenvalue weighted by molar-refractivity contribution is -0.139. The number of carbonyl (C=O) groups is 2. The van der Waals surface area contributed by atoms with Gasteiger partial charge in [-0.25, -0.2) is 22.4 Å². The minimum atomic E-state index is -3.74. The fourth-order valence-corrected chi connectivity index (χ4v) is 6.80. The smallest absolute Gasteiger partial charge is 0.338 e. The third-order valence-electron chi connectivity index (χ3n) is 6.88. The van der Waals surface area contributed by atoms with E-state index in [1.807, 2.05) is 11.8 Å². The summed E-state index contributed by atoms with van der Waals surface area (Å²) in [6.07, 6.45) is 0. The maximum atomic E-state index is 14.1. The first-order valence-electron chi connectivity index (χ1n) is 12.8. The molecule has 0 saturated carbocycles. The maximum Gasteiger partial charge on any atom is 0.338 e. The second-order valence-corrected chi connectivity index (χ2v) is 11.7. The molecule has 210 valence electrons. The number of hydrogen-bond donors (Lipinski definition) is 1. The molecule has 2 aromatic rings. The summed E-state index contributed by atoms with van der Waals surface area (Å²) in [7, 11) is -3.74. The molecular formula is C27H32ClFN4O5S. The molecule has 0 radical (unpaired) electrons. The first kappa shape index (κ1) is 29.0. The van der Waals surface area contributed by atoms with Crippen LogP contribution in [0.25, 0.3) is 0 Å². The van der Waals surface area contributed by atoms with Gasteiger partial charge in [0, 0.05) is 49.5 Å². The highest BCUT2D eigenvalue weighted by Gasteiger charge is 2.40. The molecule has 0 spiro atoms. The summed E-state index contributed by atoms with van der Waals surface area (Å²) in [5.41, 5.74) is 1.11. The molecule has 2 aliphatic rings. The molecule has 1 saturated heterocycles. The summed E-state index contributed by atoms with van der Waals surface area (Å²) < 4.78 is 47.5. The molecule has 2 amide bonds. The van der Waals surface area contributed by atoms with Crippen LogP contribution in [0.5, 0.6) is 0 Å². The van der Waals surface area contributed by atoms with Crippen LogP contribution in [0.1, 0.15) is 32.4 Å². The first-order chi connectivity index (χ1) is 18.6. The average molecular weight is 579 g/mol. The lowest BCUT2D eigenvalue weighted by Gasteiger charge is -2.42. The van der Waals surface area contributed by atoms with E-state index in [1.165, 1.54) is 39.5 Å². The Kier molecular flexibility index (Phi) is 8.95. The standard InChI is InChI=1S/C27H32ClFN4O5S/c1-4-32-23(24(26(34)38-5-2)25(30-27(32)35)19-7-6-8-21(29)15-19)17-31-13-14-33(18(3)16-31)39(36,37)22-11-9-20(28)10-12-22/h6-12,15,18,25H,4-5,13-14,16-17H2,1-3H3,(H,30,35)/t18-,25+/m0/s1. The number of ether oxygens (including phenoxy) is 1. The Bertz CT molecular complexity index is 1370. The van der Waals surface area contributed by atoms with Crippen LogP contribution in [0.4, 0.5) is 9.18 Å². The molecule has 2 aromatic carbocycles. The van der Waals surface area contributed by atoms with E-state index >= 15 is 0 Å². The van der Waals surface area contributed by atoms with Crippen molar-refractivity contribution < 1.29 is 27.1 Å². The zero-order chi connectivity index (χ0) is 28.3. The van der Waals surface area contributed by atoms with Crippen molar-refractivity contribution in [2.24, 2.45) is 0 Å². The van der Waals surface area contributed by atoms with Gasteiger partial charge < -0.3 is 10.1 Å². The van der Waals surface area contributed by atoms with Gasteiger partial charge in [-0.05, 0) is 62.7 Å². The summed E-state index contributed by atoms with van der Waals surface area (Å²) in [4.78, 5) is 30.0. The number of hydrogen-bond acceptors (Lipinski definition) is 6. The Morgan fingerprint density at radius 3 is 2.49 bits per heavy atom. The van der Waals surface area contributed by atoms with Crippen molar-refractivity contribution in [3.63, 3.8) is 0 Å². The number of sulfonamides is 1. The Morgan fingerprint density at radius 2 is 1.87 bits per heavy atom. The predicted molar refractivity (Wildman–Crippen MR) is 145 cm³/mol. The highest BCUT2D eigenvalue weighted by molar-refractivity contribution is 7.89. The number of carbonyl (C=O) groups excluding carboxylic acids is 2. The lowest BCUT2D eigenvalue weighted by atomic mass is 9.94. The van der Waals surface area contributed by atoms with Crippen molar-refractivity contribution in [3.8, 4) is 0 Å². The summed E-state index contributed by atoms with van der Waals surface area (Å²) in [5, 5.41) is 3.27. The number of esters is 1. The van der Waals surface area contributed by atoms with E-state index < -0.39 is 33.9 Å². The topological polar surface area (TPSA) is 99.3 Å². The number of nitrogens with zero attached hydrogens (tertiary/aromatic N) is 3. The minimum Gasteiger partial charge on any atom is -0.463 e. The van der Waals surface area contributed by atoms with Gasteiger partial charge in [-0.15, -0.1) is 0 Å². The molecule has 0 aliphatic carbocycles. The van der Waals surface area contributed by atoms with Crippen molar-refractivity contribution in [2.75, 3.05) is 39.3 Å². The second-order valence-electron chi connectivity index (χ2n) is 9.42. The van der Waals surface area contributed by atoms with Crippen molar-refractivity contribution >= 4 is 33.6 Å². The fourth-order valence-electron chi connectivity index (χ4n) is 5.06. The Hall–Kier alpha value is -2.99. The van der Waals surface area contributed by atoms with Crippen LogP contribution in [-0.4, -0.2) is 79.9 Å². The van der Waals surface area contributed by atoms with Gasteiger partial charge in [0.15, 0.2) is 0 Å². The van der Waals surface area contributed by atoms with Crippen LogP contribution in [0.3, 0.4) is 0 Å². The Labute approximate surface area is 233 Å². The molecule has 0 aromatic heterocycles. The van der Waals surface area contributed by atoms with E-state index in [1.54, 1.807) is 32.0 Å². The molecule has 2 aliphatic heterocycles. The van der Waals surface area contributed by atoms with E-state index in [9.17, 15) is 22.4 Å². The predicted octanol–water partition coefficient (Wildman–Crippen LogP) is 3.78. The van der Waals surface area contributed by atoms with E-state index in [4.69, 9.17) is 16.3 Å². The van der Waals surface area contributed by atoms with Crippen LogP contribution < -0.4 is 5.32 Å². The van der Waals surface area contributed by atoms with Crippen molar-refractivity contribution in [2.45, 2.75) is 37.8 Å². The summed E-state index contributed by atoms with van der Waals surface area (Å²) in [6, 6.07) is 10.1. The van der Waals surface area contributed by atoms with Gasteiger partial charge in [-0.1, -0.05) is 23.7 Å². The van der Waals surface area contributed by atoms with Gasteiger partial charge in [0.05, 0.1) is 23.1 Å². The average Bonchev–Trinajstić information content (AvgIpc) is 2.89. The van der Waals surface area contributed by atoms with Gasteiger partial charge >= 0.3 is 12.0 Å². The molecular weight excluding hydrogens is 547 g/mol. The van der Waals surface area contributed by atoms with Gasteiger partial charge in [0.2, 0.25) is 10.0 Å². The molecule has 12 heteroatoms. The normalized spacial score (nSPS) is 21.2. The maximum absolute atomic E-state index is 14.1. The molecule has 2 atom stereocenters. The highest BCUT2D eigenvalue weighted by atomic mass is 35.5. The molecule has 0 unspecified atom stereocenters. The quantitative estimate of drug-likeness (QED) is 0.479. The van der Waals surface area contributed by atoms with Crippen molar-refractivity contribution in [1.82, 2.24) is 19.4 Å². The largest absolute Gasteiger partial charge is 0.463 e. The lowest BCUT2D eigenvalue weighted by Crippen LogP contribution is -2.56. The van der Waals surface area contributed by atoms with Gasteiger partial charge in [0.1, 0.15) is 5.82 Å². The van der Waals surface area contributed by atoms with Crippen LogP contribution in [0, 0.1) is 5.82 Å². The molecule has 39 heavy (non-hydrogen) atoms. The number of nitrogens with one attached hydrogen (secondary N) is 1. The van der Waals surface area contributed by atoms with Crippen LogP contribution in [0.2, 0.25) is 5.02 Å². The number of likely N-dealkylation sites (N-methyl/N-ethyl adjacent to an activating group) is 1. The van der Waals surface area contributed by atoms with Gasteiger partial charge in [0.25, 0.3) is 0 Å². The van der Waals surface area contributed by atoms with E-state index in [-0.39, 0.29) is 36.2 Å². The monoisotopic (exact) mass is 578 g/mol. The number of halogens is 2. The number of rotatable bonds is 8. The molecule has 0 bridgehead atoms. The van der Waals surface area contributed by atoms with Crippen molar-refractivity contribution in [3.05, 3.63) is 76.2 Å². The third-order valence-corrected chi connectivity index (χ3v) is 9.16. The van der Waals surface area contributed by atoms with Crippen LogP contribution in [-0.2, 0) is 19.6 Å². The molecule has 2 heterocycles. The second kappa shape index (κ2) is 12.0. The highest BCUT2D eigenvalue weighted by Crippen LogP contribution is 2.33. The Morgan fingerprint density at radius 1 is 1.15 bits per heavy atom. The minimum absolute atomic E-state index is 0.129. The van der Waals surface area contributed by atoms with Crippen molar-refractivity contribution in [1.29, 1.82) is 0 Å². The number of amides is 2. The molecule has 1 fully saturated rings. The number of benzene rings is 2. The summed E-state index contributed by atoms with van der Waals surface area (Å²) >= 11 is 5.93. The molecule has 4 rings (SSSR count). The summed E-state index contributed by atoms with van der Waals surface area (Å²) in [6.45, 7) is 6.91. The number of urea groups is 1. The van der Waals surface area contributed by atoms with Crippen LogP contribution in [0.15, 0.2) is 64.7 Å². The zero-order valence-electron chi connectivity index (χ0n) is 22.1. The first-order valence-corrected chi connectivity index (χ1v) is 14.6. The fraction of sp³-hybridized carbons (Fsp3) is 0.407. The van der Waals surface area contributed by atoms with E-state index in [0.717, 1.165) is 0 Å². The van der Waals surface area contributed by atoms with E-state index in [0.29, 0.717) is 35.9 Å². The SMILES string of the molecule is CCOC(=O)C1=C(CN2CCN(S(=O)(=O)c3ccc(Cl)cc3)[C@@H](C)C2)N(CC)C(=O)N[C@@H]1c1cccc(F)c1. The van der Waals surface area contributed by atoms with Crippen LogP contribution >= 0.6 is 11.6 Å². The summed E-state index contributed by atoms with van der Waals surface area (Å²) in [5.74, 6) is -1.09. The van der Waals surface area contributed by atoms with Gasteiger partial charge in [-0.3, -0.25) is 9.80 Å². The van der Waals surface area contributed by atoms with E-state index in [2.05, 4.69) is 5.32 Å². The zero-order valence-corrected chi connectivity index (χ0v) is 23.6. The Balaban J connectivity index is 1.65. The van der Waals surface area contributed by atoms with Gasteiger partial charge in [-0.2, -0.15) is 4.31 Å². The third kappa shape index (κ3) is 6.11. The number of piperazine rings is 1. The molecule has 9 nitrogen and oxygen atoms in total. The molecule has 1 N–H and O–H groups in total.